The van der Waals surface area contributed by atoms with Gasteiger partial charge < -0.3 is 20.1 Å². The summed E-state index contributed by atoms with van der Waals surface area (Å²) in [4.78, 5) is 33.6. The maximum absolute atomic E-state index is 14.0. The zero-order valence-corrected chi connectivity index (χ0v) is 23.1. The first kappa shape index (κ1) is 30.9. The van der Waals surface area contributed by atoms with Crippen LogP contribution in [0.5, 0.6) is 0 Å². The molecule has 1 aliphatic heterocycles. The van der Waals surface area contributed by atoms with E-state index < -0.39 is 17.9 Å². The van der Waals surface area contributed by atoms with Crippen LogP contribution in [0.2, 0.25) is 0 Å². The highest BCUT2D eigenvalue weighted by Gasteiger charge is 2.38. The molecule has 40 heavy (non-hydrogen) atoms. The predicted molar refractivity (Wildman–Crippen MR) is 145 cm³/mol. The number of methoxy groups -OCH3 is 1. The zero-order chi connectivity index (χ0) is 29.1. The van der Waals surface area contributed by atoms with Crippen molar-refractivity contribution in [2.45, 2.75) is 45.5 Å². The van der Waals surface area contributed by atoms with Gasteiger partial charge >= 0.3 is 12.2 Å². The standard InChI is InChI=1S/C24H27F3N6O2S.C2H4O2/c1-3-29-23(34)32-20-9-17(18(12-31-20)15-8-14(2)10-28-11-15)22-33-21(24(25,26)27)19(36-22)13-30-16-4-6-35-7-5-16;1-4-2-3/h8-12,16,30H,3-7,13H2,1-2H3,(H2,29,31,32,34);2H,1H3. The Morgan fingerprint density at radius 1 is 1.20 bits per heavy atom. The van der Waals surface area contributed by atoms with Crippen molar-refractivity contribution in [3.8, 4) is 21.7 Å². The number of carbonyl (C=O) groups is 2. The number of ether oxygens (including phenoxy) is 2. The first-order valence-electron chi connectivity index (χ1n) is 12.5. The minimum atomic E-state index is -4.61. The Kier molecular flexibility index (Phi) is 11.3. The van der Waals surface area contributed by atoms with Gasteiger partial charge in [-0.15, -0.1) is 11.3 Å². The third kappa shape index (κ3) is 8.69. The summed E-state index contributed by atoms with van der Waals surface area (Å²) in [5.74, 6) is 0.200. The van der Waals surface area contributed by atoms with Crippen molar-refractivity contribution in [1.82, 2.24) is 25.6 Å². The lowest BCUT2D eigenvalue weighted by atomic mass is 10.0. The molecule has 0 aliphatic carbocycles. The molecule has 14 heteroatoms. The number of carbonyl (C=O) groups excluding carboxylic acids is 2. The van der Waals surface area contributed by atoms with Crippen molar-refractivity contribution < 1.29 is 32.2 Å². The number of hydrogen-bond acceptors (Lipinski definition) is 9. The van der Waals surface area contributed by atoms with Crippen LogP contribution < -0.4 is 16.0 Å². The molecule has 0 bridgehead atoms. The highest BCUT2D eigenvalue weighted by Crippen LogP contribution is 2.41. The molecule has 4 heterocycles. The van der Waals surface area contributed by atoms with Gasteiger partial charge in [0.15, 0.2) is 5.69 Å². The Labute approximate surface area is 233 Å². The fourth-order valence-corrected chi connectivity index (χ4v) is 4.96. The molecule has 0 saturated carbocycles. The first-order valence-corrected chi connectivity index (χ1v) is 13.3. The molecule has 1 saturated heterocycles. The summed E-state index contributed by atoms with van der Waals surface area (Å²) >= 11 is 0.978. The largest absolute Gasteiger partial charge is 0.471 e. The third-order valence-electron chi connectivity index (χ3n) is 5.73. The summed E-state index contributed by atoms with van der Waals surface area (Å²) in [5.41, 5.74) is 1.66. The lowest BCUT2D eigenvalue weighted by Crippen LogP contribution is -2.34. The Hall–Kier alpha value is -3.62. The Balaban J connectivity index is 0.00000103. The van der Waals surface area contributed by atoms with Crippen molar-refractivity contribution in [3.05, 3.63) is 46.9 Å². The molecular weight excluding hydrogens is 549 g/mol. The zero-order valence-electron chi connectivity index (χ0n) is 22.3. The van der Waals surface area contributed by atoms with Crippen LogP contribution in [0.25, 0.3) is 21.7 Å². The van der Waals surface area contributed by atoms with Crippen LogP contribution in [0.1, 0.15) is 35.9 Å². The number of alkyl halides is 3. The Morgan fingerprint density at radius 2 is 1.93 bits per heavy atom. The number of anilines is 1. The van der Waals surface area contributed by atoms with Gasteiger partial charge in [-0.25, -0.2) is 14.8 Å². The molecule has 0 radical (unpaired) electrons. The highest BCUT2D eigenvalue weighted by molar-refractivity contribution is 7.15. The molecule has 216 valence electrons. The number of halogens is 3. The molecule has 3 aromatic rings. The molecule has 10 nitrogen and oxygen atoms in total. The maximum Gasteiger partial charge on any atom is 0.434 e. The Bertz CT molecular complexity index is 1280. The van der Waals surface area contributed by atoms with E-state index in [9.17, 15) is 18.0 Å². The predicted octanol–water partition coefficient (Wildman–Crippen LogP) is 4.79. The average Bonchev–Trinajstić information content (AvgIpc) is 3.38. The number of aromatic nitrogens is 3. The summed E-state index contributed by atoms with van der Waals surface area (Å²) < 4.78 is 51.1. The fraction of sp³-hybridized carbons (Fsp3) is 0.423. The van der Waals surface area contributed by atoms with E-state index in [4.69, 9.17) is 9.53 Å². The molecule has 0 atom stereocenters. The van der Waals surface area contributed by atoms with Crippen molar-refractivity contribution in [2.24, 2.45) is 0 Å². The first-order chi connectivity index (χ1) is 19.2. The number of pyridine rings is 2. The summed E-state index contributed by atoms with van der Waals surface area (Å²) in [7, 11) is 1.31. The second-order valence-corrected chi connectivity index (χ2v) is 9.82. The van der Waals surface area contributed by atoms with Gasteiger partial charge in [0, 0.05) is 67.6 Å². The van der Waals surface area contributed by atoms with Crippen LogP contribution in [-0.2, 0) is 27.0 Å². The van der Waals surface area contributed by atoms with Crippen molar-refractivity contribution in [1.29, 1.82) is 0 Å². The molecule has 4 rings (SSSR count). The molecule has 3 aromatic heterocycles. The molecular formula is C26H31F3N6O4S. The number of urea groups is 1. The second kappa shape index (κ2) is 14.7. The van der Waals surface area contributed by atoms with E-state index in [1.807, 2.05) is 13.0 Å². The van der Waals surface area contributed by atoms with Crippen LogP contribution in [-0.4, -0.2) is 60.4 Å². The lowest BCUT2D eigenvalue weighted by Gasteiger charge is -2.23. The van der Waals surface area contributed by atoms with Crippen LogP contribution in [0.3, 0.4) is 0 Å². The molecule has 0 aromatic carbocycles. The molecule has 0 unspecified atom stereocenters. The Morgan fingerprint density at radius 3 is 2.55 bits per heavy atom. The van der Waals surface area contributed by atoms with E-state index in [0.717, 1.165) is 29.7 Å². The number of thiazole rings is 1. The number of rotatable bonds is 8. The van der Waals surface area contributed by atoms with Gasteiger partial charge in [0.2, 0.25) is 0 Å². The fourth-order valence-electron chi connectivity index (χ4n) is 3.90. The van der Waals surface area contributed by atoms with Gasteiger partial charge in [-0.2, -0.15) is 13.2 Å². The van der Waals surface area contributed by atoms with E-state index in [1.165, 1.54) is 13.3 Å². The van der Waals surface area contributed by atoms with Gasteiger partial charge in [-0.3, -0.25) is 15.1 Å². The van der Waals surface area contributed by atoms with Gasteiger partial charge in [-0.05, 0) is 44.4 Å². The van der Waals surface area contributed by atoms with Gasteiger partial charge in [0.05, 0.1) is 12.0 Å². The van der Waals surface area contributed by atoms with Gasteiger partial charge in [-0.1, -0.05) is 0 Å². The third-order valence-corrected chi connectivity index (χ3v) is 6.82. The van der Waals surface area contributed by atoms with Crippen molar-refractivity contribution in [3.63, 3.8) is 0 Å². The van der Waals surface area contributed by atoms with E-state index in [0.29, 0.717) is 42.9 Å². The molecule has 2 amide bonds. The molecule has 1 fully saturated rings. The summed E-state index contributed by atoms with van der Waals surface area (Å²) in [6.45, 7) is 5.66. The maximum atomic E-state index is 14.0. The van der Waals surface area contributed by atoms with E-state index in [1.54, 1.807) is 25.4 Å². The lowest BCUT2D eigenvalue weighted by molar-refractivity contribution is -0.141. The average molecular weight is 581 g/mol. The quantitative estimate of drug-likeness (QED) is 0.325. The number of aryl methyl sites for hydroxylation is 1. The number of amides is 2. The van der Waals surface area contributed by atoms with E-state index in [2.05, 4.69) is 35.6 Å². The van der Waals surface area contributed by atoms with Crippen LogP contribution in [0.15, 0.2) is 30.7 Å². The number of nitrogens with zero attached hydrogens (tertiary/aromatic N) is 3. The summed E-state index contributed by atoms with van der Waals surface area (Å²) in [6.07, 6.45) is 1.71. The van der Waals surface area contributed by atoms with Crippen LogP contribution >= 0.6 is 11.3 Å². The smallest absolute Gasteiger partial charge is 0.434 e. The molecule has 3 N–H and O–H groups in total. The van der Waals surface area contributed by atoms with Gasteiger partial charge in [0.25, 0.3) is 6.47 Å². The SMILES string of the molecule is CCNC(=O)Nc1cc(-c2nc(C(F)(F)F)c(CNC3CCOCC3)s2)c(-c2cncc(C)c2)cn1.COC=O. The van der Waals surface area contributed by atoms with Crippen molar-refractivity contribution >= 4 is 29.7 Å². The topological polar surface area (TPSA) is 127 Å². The second-order valence-electron chi connectivity index (χ2n) is 8.74. The van der Waals surface area contributed by atoms with E-state index >= 15 is 0 Å². The molecule has 0 spiro atoms. The number of nitrogens with one attached hydrogen (secondary N) is 3. The molecule has 1 aliphatic rings. The minimum absolute atomic E-state index is 0.0492. The normalized spacial score (nSPS) is 13.7. The summed E-state index contributed by atoms with van der Waals surface area (Å²) in [6, 6.07) is 3.04. The highest BCUT2D eigenvalue weighted by atomic mass is 32.1. The summed E-state index contributed by atoms with van der Waals surface area (Å²) in [5, 5.41) is 8.63. The monoisotopic (exact) mass is 580 g/mol. The van der Waals surface area contributed by atoms with Crippen molar-refractivity contribution in [2.75, 3.05) is 32.2 Å². The van der Waals surface area contributed by atoms with E-state index in [-0.39, 0.29) is 28.3 Å². The van der Waals surface area contributed by atoms with Gasteiger partial charge in [0.1, 0.15) is 10.8 Å². The number of hydrogen-bond donors (Lipinski definition) is 3. The minimum Gasteiger partial charge on any atom is -0.471 e. The van der Waals surface area contributed by atoms with Crippen LogP contribution in [0.4, 0.5) is 23.8 Å². The van der Waals surface area contributed by atoms with Crippen LogP contribution in [0, 0.1) is 6.92 Å².